The molecule has 0 aromatic heterocycles. The Balaban J connectivity index is 2.25. The average molecular weight is 300 g/mol. The van der Waals surface area contributed by atoms with Crippen molar-refractivity contribution in [1.82, 2.24) is 9.80 Å². The topological polar surface area (TPSA) is 60.9 Å². The first-order valence-electron chi connectivity index (χ1n) is 7.20. The lowest BCUT2D eigenvalue weighted by Gasteiger charge is -2.39. The standard InChI is InChI=1S/C14H24N2O3S/c1-9(2)11-16(10(8-20-11)12(17)18)13(19)15-7-5-6-14(15,3)4/h9-11H,5-8H2,1-4H3,(H,17,18). The highest BCUT2D eigenvalue weighted by Crippen LogP contribution is 2.37. The Morgan fingerprint density at radius 2 is 2.00 bits per heavy atom. The van der Waals surface area contributed by atoms with Crippen LogP contribution >= 0.6 is 11.8 Å². The van der Waals surface area contributed by atoms with Crippen molar-refractivity contribution in [2.24, 2.45) is 5.92 Å². The Hall–Kier alpha value is -0.910. The Morgan fingerprint density at radius 1 is 1.35 bits per heavy atom. The monoisotopic (exact) mass is 300 g/mol. The highest BCUT2D eigenvalue weighted by Gasteiger charge is 2.47. The lowest BCUT2D eigenvalue weighted by molar-refractivity contribution is -0.141. The fraction of sp³-hybridized carbons (Fsp3) is 0.857. The van der Waals surface area contributed by atoms with E-state index >= 15 is 0 Å². The summed E-state index contributed by atoms with van der Waals surface area (Å²) in [7, 11) is 0. The number of urea groups is 1. The van der Waals surface area contributed by atoms with Gasteiger partial charge in [-0.1, -0.05) is 13.8 Å². The summed E-state index contributed by atoms with van der Waals surface area (Å²) in [6, 6.07) is -0.806. The van der Waals surface area contributed by atoms with E-state index in [0.717, 1.165) is 19.4 Å². The number of hydrogen-bond donors (Lipinski definition) is 1. The van der Waals surface area contributed by atoms with Gasteiger partial charge in [-0.05, 0) is 32.6 Å². The molecule has 5 nitrogen and oxygen atoms in total. The summed E-state index contributed by atoms with van der Waals surface area (Å²) in [5.74, 6) is -0.164. The zero-order valence-corrected chi connectivity index (χ0v) is 13.4. The number of carboxylic acid groups (broad SMARTS) is 1. The smallest absolute Gasteiger partial charge is 0.327 e. The van der Waals surface area contributed by atoms with Crippen LogP contribution in [0.1, 0.15) is 40.5 Å². The lowest BCUT2D eigenvalue weighted by Crippen LogP contribution is -2.56. The van der Waals surface area contributed by atoms with Crippen LogP contribution in [-0.4, -0.2) is 56.2 Å². The summed E-state index contributed by atoms with van der Waals surface area (Å²) in [5.41, 5.74) is -0.172. The fourth-order valence-electron chi connectivity index (χ4n) is 3.08. The molecule has 2 aliphatic heterocycles. The van der Waals surface area contributed by atoms with Gasteiger partial charge in [0.05, 0.1) is 5.37 Å². The summed E-state index contributed by atoms with van der Waals surface area (Å²) in [5, 5.41) is 9.34. The first-order valence-corrected chi connectivity index (χ1v) is 8.25. The second-order valence-corrected chi connectivity index (χ2v) is 7.73. The van der Waals surface area contributed by atoms with Crippen molar-refractivity contribution >= 4 is 23.8 Å². The van der Waals surface area contributed by atoms with Crippen molar-refractivity contribution in [2.45, 2.75) is 57.5 Å². The lowest BCUT2D eigenvalue weighted by atomic mass is 10.0. The molecule has 2 amide bonds. The van der Waals surface area contributed by atoms with Gasteiger partial charge in [0.25, 0.3) is 0 Å². The molecule has 2 unspecified atom stereocenters. The molecular formula is C14H24N2O3S. The third-order valence-corrected chi connectivity index (χ3v) is 5.86. The van der Waals surface area contributed by atoms with Crippen molar-refractivity contribution in [3.63, 3.8) is 0 Å². The first kappa shape index (κ1) is 15.5. The van der Waals surface area contributed by atoms with Crippen molar-refractivity contribution in [1.29, 1.82) is 0 Å². The molecule has 0 bridgehead atoms. The van der Waals surface area contributed by atoms with Crippen molar-refractivity contribution < 1.29 is 14.7 Å². The van der Waals surface area contributed by atoms with E-state index in [9.17, 15) is 14.7 Å². The summed E-state index contributed by atoms with van der Waals surface area (Å²) in [6.07, 6.45) is 1.97. The van der Waals surface area contributed by atoms with E-state index in [2.05, 4.69) is 13.8 Å². The summed E-state index contributed by atoms with van der Waals surface area (Å²) in [4.78, 5) is 27.8. The Labute approximate surface area is 124 Å². The van der Waals surface area contributed by atoms with E-state index in [0.29, 0.717) is 5.75 Å². The fourth-order valence-corrected chi connectivity index (χ4v) is 4.54. The van der Waals surface area contributed by atoms with E-state index < -0.39 is 12.0 Å². The van der Waals surface area contributed by atoms with Crippen molar-refractivity contribution in [3.05, 3.63) is 0 Å². The number of hydrogen-bond acceptors (Lipinski definition) is 3. The molecule has 2 rings (SSSR count). The van der Waals surface area contributed by atoms with Gasteiger partial charge in [-0.2, -0.15) is 0 Å². The number of amides is 2. The maximum Gasteiger partial charge on any atom is 0.327 e. The highest BCUT2D eigenvalue weighted by molar-refractivity contribution is 8.00. The zero-order chi connectivity index (χ0) is 15.1. The van der Waals surface area contributed by atoms with Crippen LogP contribution in [0.3, 0.4) is 0 Å². The number of thioether (sulfide) groups is 1. The number of nitrogens with zero attached hydrogens (tertiary/aromatic N) is 2. The van der Waals surface area contributed by atoms with Gasteiger partial charge >= 0.3 is 12.0 Å². The predicted molar refractivity (Wildman–Crippen MR) is 79.8 cm³/mol. The maximum atomic E-state index is 12.9. The van der Waals surface area contributed by atoms with Gasteiger partial charge in [0.1, 0.15) is 6.04 Å². The van der Waals surface area contributed by atoms with E-state index in [1.54, 1.807) is 16.7 Å². The van der Waals surface area contributed by atoms with Gasteiger partial charge in [-0.25, -0.2) is 9.59 Å². The second kappa shape index (κ2) is 5.47. The minimum atomic E-state index is -0.897. The third-order valence-electron chi connectivity index (χ3n) is 4.24. The van der Waals surface area contributed by atoms with Crippen LogP contribution in [0.15, 0.2) is 0 Å². The molecule has 2 fully saturated rings. The maximum absolute atomic E-state index is 12.9. The van der Waals surface area contributed by atoms with Gasteiger partial charge < -0.3 is 10.0 Å². The van der Waals surface area contributed by atoms with E-state index in [-0.39, 0.29) is 22.9 Å². The molecule has 2 heterocycles. The van der Waals surface area contributed by atoms with Crippen molar-refractivity contribution in [2.75, 3.05) is 12.3 Å². The van der Waals surface area contributed by atoms with Gasteiger partial charge in [0.2, 0.25) is 0 Å². The first-order chi connectivity index (χ1) is 9.25. The SMILES string of the molecule is CC(C)C1SCC(C(=O)O)N1C(=O)N1CCCC1(C)C. The quantitative estimate of drug-likeness (QED) is 0.851. The number of aliphatic carboxylic acids is 1. The minimum Gasteiger partial charge on any atom is -0.480 e. The van der Waals surface area contributed by atoms with E-state index in [1.165, 1.54) is 0 Å². The average Bonchev–Trinajstić information content (AvgIpc) is 2.90. The minimum absolute atomic E-state index is 0.0417. The predicted octanol–water partition coefficient (Wildman–Crippen LogP) is 2.46. The molecule has 6 heteroatoms. The zero-order valence-electron chi connectivity index (χ0n) is 12.6. The molecule has 2 saturated heterocycles. The molecule has 0 aliphatic carbocycles. The highest BCUT2D eigenvalue weighted by atomic mass is 32.2. The molecule has 2 atom stereocenters. The molecule has 114 valence electrons. The summed E-state index contributed by atoms with van der Waals surface area (Å²) >= 11 is 1.58. The van der Waals surface area contributed by atoms with Gasteiger partial charge in [-0.15, -0.1) is 11.8 Å². The Morgan fingerprint density at radius 3 is 2.45 bits per heavy atom. The normalized spacial score (nSPS) is 29.2. The van der Waals surface area contributed by atoms with E-state index in [1.807, 2.05) is 18.7 Å². The molecular weight excluding hydrogens is 276 g/mol. The van der Waals surface area contributed by atoms with Crippen LogP contribution in [0.4, 0.5) is 4.79 Å². The molecule has 0 aromatic carbocycles. The van der Waals surface area contributed by atoms with Crippen LogP contribution < -0.4 is 0 Å². The number of likely N-dealkylation sites (tertiary alicyclic amines) is 1. The van der Waals surface area contributed by atoms with Crippen molar-refractivity contribution in [3.8, 4) is 0 Å². The summed E-state index contributed by atoms with van der Waals surface area (Å²) < 4.78 is 0. The van der Waals surface area contributed by atoms with Crippen LogP contribution in [0.2, 0.25) is 0 Å². The van der Waals surface area contributed by atoms with Crippen LogP contribution in [-0.2, 0) is 4.79 Å². The molecule has 0 saturated carbocycles. The van der Waals surface area contributed by atoms with Gasteiger partial charge in [-0.3, -0.25) is 4.90 Å². The number of rotatable bonds is 2. The van der Waals surface area contributed by atoms with Crippen LogP contribution in [0.25, 0.3) is 0 Å². The molecule has 0 aromatic rings. The number of carboxylic acids is 1. The van der Waals surface area contributed by atoms with E-state index in [4.69, 9.17) is 0 Å². The Bertz CT molecular complexity index is 411. The van der Waals surface area contributed by atoms with Crippen LogP contribution in [0.5, 0.6) is 0 Å². The van der Waals surface area contributed by atoms with Gasteiger partial charge in [0.15, 0.2) is 0 Å². The third kappa shape index (κ3) is 2.62. The molecule has 1 N–H and O–H groups in total. The summed E-state index contributed by atoms with van der Waals surface area (Å²) in [6.45, 7) is 8.92. The molecule has 20 heavy (non-hydrogen) atoms. The molecule has 2 aliphatic rings. The second-order valence-electron chi connectivity index (χ2n) is 6.58. The largest absolute Gasteiger partial charge is 0.480 e. The van der Waals surface area contributed by atoms with Crippen LogP contribution in [0, 0.1) is 5.92 Å². The Kier molecular flexibility index (Phi) is 4.23. The number of carbonyl (C=O) groups is 2. The molecule has 0 radical (unpaired) electrons. The molecule has 0 spiro atoms. The van der Waals surface area contributed by atoms with Gasteiger partial charge in [0, 0.05) is 17.8 Å². The number of carbonyl (C=O) groups excluding carboxylic acids is 1.